The molecule has 1 atom stereocenters. The minimum Gasteiger partial charge on any atom is -0.388 e. The first kappa shape index (κ1) is 11.5. The number of benzene rings is 1. The number of aliphatic hydroxyl groups is 1. The van der Waals surface area contributed by atoms with E-state index < -0.39 is 6.10 Å². The first-order valence-corrected chi connectivity index (χ1v) is 5.01. The summed E-state index contributed by atoms with van der Waals surface area (Å²) >= 11 is 5.85. The van der Waals surface area contributed by atoms with Gasteiger partial charge < -0.3 is 5.11 Å². The molecule has 1 N–H and O–H groups in total. The molecule has 0 radical (unpaired) electrons. The fourth-order valence-electron chi connectivity index (χ4n) is 1.34. The molecule has 78 valence electrons. The lowest BCUT2D eigenvalue weighted by Crippen LogP contribution is -2.03. The van der Waals surface area contributed by atoms with Gasteiger partial charge in [0.25, 0.3) is 0 Å². The molecule has 0 bridgehead atoms. The van der Waals surface area contributed by atoms with Gasteiger partial charge in [-0.3, -0.25) is 0 Å². The Hall–Kier alpha value is -0.600. The van der Waals surface area contributed by atoms with Gasteiger partial charge in [-0.05, 0) is 30.5 Å². The molecule has 0 aliphatic carbocycles. The van der Waals surface area contributed by atoms with Gasteiger partial charge in [0.2, 0.25) is 0 Å². The second kappa shape index (κ2) is 4.76. The maximum absolute atomic E-state index is 12.9. The summed E-state index contributed by atoms with van der Waals surface area (Å²) in [5, 5.41) is 10.2. The lowest BCUT2D eigenvalue weighted by atomic mass is 9.99. The molecule has 0 aliphatic rings. The molecule has 1 rings (SSSR count). The van der Waals surface area contributed by atoms with E-state index in [-0.39, 0.29) is 5.82 Å². The Morgan fingerprint density at radius 2 is 2.07 bits per heavy atom. The van der Waals surface area contributed by atoms with Crippen molar-refractivity contribution in [2.75, 3.05) is 0 Å². The number of hydrogen-bond acceptors (Lipinski definition) is 1. The Labute approximate surface area is 88.5 Å². The molecule has 0 aromatic heterocycles. The SMILES string of the molecule is CC(C)CC(O)c1cc(F)ccc1Cl. The first-order chi connectivity index (χ1) is 6.50. The van der Waals surface area contributed by atoms with Gasteiger partial charge >= 0.3 is 0 Å². The Bertz CT molecular complexity index is 312. The van der Waals surface area contributed by atoms with Gasteiger partial charge in [-0.15, -0.1) is 0 Å². The van der Waals surface area contributed by atoms with E-state index >= 15 is 0 Å². The van der Waals surface area contributed by atoms with Crippen molar-refractivity contribution < 1.29 is 9.50 Å². The zero-order valence-corrected chi connectivity index (χ0v) is 9.05. The Morgan fingerprint density at radius 3 is 2.64 bits per heavy atom. The lowest BCUT2D eigenvalue weighted by molar-refractivity contribution is 0.151. The molecule has 3 heteroatoms. The van der Waals surface area contributed by atoms with E-state index in [1.165, 1.54) is 18.2 Å². The zero-order valence-electron chi connectivity index (χ0n) is 8.30. The van der Waals surface area contributed by atoms with Crippen LogP contribution in [0.25, 0.3) is 0 Å². The summed E-state index contributed by atoms with van der Waals surface area (Å²) in [6.45, 7) is 3.99. The van der Waals surface area contributed by atoms with E-state index in [9.17, 15) is 9.50 Å². The van der Waals surface area contributed by atoms with E-state index in [1.54, 1.807) is 0 Å². The molecule has 1 unspecified atom stereocenters. The van der Waals surface area contributed by atoms with Crippen LogP contribution in [0, 0.1) is 11.7 Å². The molecule has 0 saturated carbocycles. The smallest absolute Gasteiger partial charge is 0.123 e. The maximum Gasteiger partial charge on any atom is 0.123 e. The average Bonchev–Trinajstić information content (AvgIpc) is 2.08. The second-order valence-electron chi connectivity index (χ2n) is 3.81. The van der Waals surface area contributed by atoms with Crippen LogP contribution in [-0.2, 0) is 0 Å². The number of aliphatic hydroxyl groups excluding tert-OH is 1. The third-order valence-electron chi connectivity index (χ3n) is 2.01. The van der Waals surface area contributed by atoms with E-state index in [0.717, 1.165) is 0 Å². The molecule has 1 aromatic rings. The minimum absolute atomic E-state index is 0.351. The third-order valence-corrected chi connectivity index (χ3v) is 2.36. The van der Waals surface area contributed by atoms with Gasteiger partial charge in [0, 0.05) is 10.6 Å². The molecule has 14 heavy (non-hydrogen) atoms. The van der Waals surface area contributed by atoms with Gasteiger partial charge in [-0.2, -0.15) is 0 Å². The Kier molecular flexibility index (Phi) is 3.90. The van der Waals surface area contributed by atoms with Crippen molar-refractivity contribution in [1.82, 2.24) is 0 Å². The summed E-state index contributed by atoms with van der Waals surface area (Å²) in [4.78, 5) is 0. The standard InChI is InChI=1S/C11H14ClFO/c1-7(2)5-11(14)9-6-8(13)3-4-10(9)12/h3-4,6-7,11,14H,5H2,1-2H3. The first-order valence-electron chi connectivity index (χ1n) is 4.63. The summed E-state index contributed by atoms with van der Waals surface area (Å²) in [7, 11) is 0. The van der Waals surface area contributed by atoms with Crippen LogP contribution in [0.5, 0.6) is 0 Å². The van der Waals surface area contributed by atoms with Crippen LogP contribution in [-0.4, -0.2) is 5.11 Å². The van der Waals surface area contributed by atoms with Crippen LogP contribution in [0.2, 0.25) is 5.02 Å². The maximum atomic E-state index is 12.9. The van der Waals surface area contributed by atoms with Gasteiger partial charge in [0.1, 0.15) is 5.82 Å². The minimum atomic E-state index is -0.682. The fraction of sp³-hybridized carbons (Fsp3) is 0.455. The number of halogens is 2. The topological polar surface area (TPSA) is 20.2 Å². The molecular weight excluding hydrogens is 203 g/mol. The summed E-state index contributed by atoms with van der Waals surface area (Å²) < 4.78 is 12.9. The molecule has 1 nitrogen and oxygen atoms in total. The van der Waals surface area contributed by atoms with Crippen LogP contribution in [0.15, 0.2) is 18.2 Å². The Balaban J connectivity index is 2.88. The average molecular weight is 217 g/mol. The molecule has 0 saturated heterocycles. The molecule has 0 spiro atoms. The van der Waals surface area contributed by atoms with Crippen molar-refractivity contribution >= 4 is 11.6 Å². The predicted octanol–water partition coefficient (Wildman–Crippen LogP) is 3.56. The molecule has 0 fully saturated rings. The Morgan fingerprint density at radius 1 is 1.43 bits per heavy atom. The summed E-state index contributed by atoms with van der Waals surface area (Å²) in [6, 6.07) is 4.04. The second-order valence-corrected chi connectivity index (χ2v) is 4.22. The molecular formula is C11H14ClFO. The largest absolute Gasteiger partial charge is 0.388 e. The highest BCUT2D eigenvalue weighted by Crippen LogP contribution is 2.28. The van der Waals surface area contributed by atoms with Crippen LogP contribution < -0.4 is 0 Å². The fourth-order valence-corrected chi connectivity index (χ4v) is 1.59. The highest BCUT2D eigenvalue weighted by atomic mass is 35.5. The summed E-state index contributed by atoms with van der Waals surface area (Å²) in [5.41, 5.74) is 0.473. The predicted molar refractivity (Wildman–Crippen MR) is 55.8 cm³/mol. The van der Waals surface area contributed by atoms with Crippen molar-refractivity contribution in [3.63, 3.8) is 0 Å². The number of hydrogen-bond donors (Lipinski definition) is 1. The van der Waals surface area contributed by atoms with E-state index in [4.69, 9.17) is 11.6 Å². The summed E-state index contributed by atoms with van der Waals surface area (Å²) in [5.74, 6) is -0.0171. The lowest BCUT2D eigenvalue weighted by Gasteiger charge is -2.14. The van der Waals surface area contributed by atoms with Crippen LogP contribution in [0.4, 0.5) is 4.39 Å². The van der Waals surface area contributed by atoms with Crippen LogP contribution in [0.1, 0.15) is 31.9 Å². The zero-order chi connectivity index (χ0) is 10.7. The summed E-state index contributed by atoms with van der Waals surface area (Å²) in [6.07, 6.45) is -0.0957. The normalized spacial score (nSPS) is 13.3. The van der Waals surface area contributed by atoms with Crippen molar-refractivity contribution in [1.29, 1.82) is 0 Å². The van der Waals surface area contributed by atoms with Crippen molar-refractivity contribution in [2.45, 2.75) is 26.4 Å². The van der Waals surface area contributed by atoms with Gasteiger partial charge in [-0.1, -0.05) is 25.4 Å². The number of rotatable bonds is 3. The van der Waals surface area contributed by atoms with Gasteiger partial charge in [0.05, 0.1) is 6.10 Å². The highest BCUT2D eigenvalue weighted by Gasteiger charge is 2.13. The monoisotopic (exact) mass is 216 g/mol. The molecule has 1 aromatic carbocycles. The van der Waals surface area contributed by atoms with Crippen molar-refractivity contribution in [2.24, 2.45) is 5.92 Å². The van der Waals surface area contributed by atoms with E-state index in [2.05, 4.69) is 0 Å². The van der Waals surface area contributed by atoms with E-state index in [1.807, 2.05) is 13.8 Å². The highest BCUT2D eigenvalue weighted by molar-refractivity contribution is 6.31. The van der Waals surface area contributed by atoms with Crippen LogP contribution in [0.3, 0.4) is 0 Å². The molecule has 0 aliphatic heterocycles. The van der Waals surface area contributed by atoms with Gasteiger partial charge in [0.15, 0.2) is 0 Å². The van der Waals surface area contributed by atoms with Gasteiger partial charge in [-0.25, -0.2) is 4.39 Å². The van der Waals surface area contributed by atoms with Crippen molar-refractivity contribution in [3.8, 4) is 0 Å². The van der Waals surface area contributed by atoms with E-state index in [0.29, 0.717) is 22.9 Å². The molecule has 0 heterocycles. The molecule has 0 amide bonds. The third kappa shape index (κ3) is 2.96. The quantitative estimate of drug-likeness (QED) is 0.819. The van der Waals surface area contributed by atoms with Crippen LogP contribution >= 0.6 is 11.6 Å². The van der Waals surface area contributed by atoms with Crippen molar-refractivity contribution in [3.05, 3.63) is 34.6 Å².